The van der Waals surface area contributed by atoms with Gasteiger partial charge in [0.1, 0.15) is 5.75 Å². The van der Waals surface area contributed by atoms with Crippen molar-refractivity contribution < 1.29 is 4.74 Å². The van der Waals surface area contributed by atoms with Gasteiger partial charge in [0.15, 0.2) is 0 Å². The molecule has 2 aromatic heterocycles. The van der Waals surface area contributed by atoms with Gasteiger partial charge in [-0.2, -0.15) is 5.10 Å². The maximum Gasteiger partial charge on any atom is 0.248 e. The molecule has 3 N–H and O–H groups in total. The molecule has 0 radical (unpaired) electrons. The fourth-order valence-electron chi connectivity index (χ4n) is 4.29. The van der Waals surface area contributed by atoms with Crippen LogP contribution in [0, 0.1) is 6.92 Å². The van der Waals surface area contributed by atoms with Crippen molar-refractivity contribution in [2.45, 2.75) is 45.1 Å². The molecule has 0 saturated heterocycles. The number of aromatic nitrogens is 4. The minimum absolute atomic E-state index is 0.396. The molecule has 0 aliphatic heterocycles. The highest BCUT2D eigenvalue weighted by Gasteiger charge is 2.17. The van der Waals surface area contributed by atoms with Gasteiger partial charge in [-0.1, -0.05) is 43.5 Å². The van der Waals surface area contributed by atoms with E-state index in [1.54, 1.807) is 12.4 Å². The summed E-state index contributed by atoms with van der Waals surface area (Å²) in [4.78, 5) is 9.17. The molecule has 4 aromatic rings. The number of nitrogens with zero attached hydrogens (tertiary/aromatic N) is 4. The Balaban J connectivity index is 1.50. The lowest BCUT2D eigenvalue weighted by atomic mass is 9.96. The summed E-state index contributed by atoms with van der Waals surface area (Å²) in [6.07, 6.45) is 9.53. The number of aryl methyl sites for hydroxylation is 1. The standard InChI is InChI=1S/C25H26N6O/c1-16-10-11-18-19(8-5-9-21(18)26)23(16)32-24-20(12-15-28-31-24)22-13-14-27-25(30-22)29-17-6-3-2-4-7-17/h5,8-15,17H,2-4,6-7,26H2,1H3,(H,27,29,30). The summed E-state index contributed by atoms with van der Waals surface area (Å²) in [6, 6.07) is 14.0. The van der Waals surface area contributed by atoms with Crippen molar-refractivity contribution in [2.75, 3.05) is 11.1 Å². The second-order valence-electron chi connectivity index (χ2n) is 8.25. The summed E-state index contributed by atoms with van der Waals surface area (Å²) in [7, 11) is 0. The number of anilines is 2. The van der Waals surface area contributed by atoms with Crippen LogP contribution in [0.5, 0.6) is 11.6 Å². The zero-order valence-corrected chi connectivity index (χ0v) is 18.1. The molecule has 32 heavy (non-hydrogen) atoms. The first-order chi connectivity index (χ1) is 15.7. The fraction of sp³-hybridized carbons (Fsp3) is 0.280. The van der Waals surface area contributed by atoms with Crippen molar-refractivity contribution in [3.05, 3.63) is 60.4 Å². The first-order valence-electron chi connectivity index (χ1n) is 11.1. The largest absolute Gasteiger partial charge is 0.436 e. The number of rotatable bonds is 5. The van der Waals surface area contributed by atoms with Gasteiger partial charge in [-0.25, -0.2) is 9.97 Å². The lowest BCUT2D eigenvalue weighted by molar-refractivity contribution is 0.458. The zero-order valence-electron chi connectivity index (χ0n) is 18.1. The maximum atomic E-state index is 6.34. The first-order valence-corrected chi connectivity index (χ1v) is 11.1. The Morgan fingerprint density at radius 2 is 1.84 bits per heavy atom. The van der Waals surface area contributed by atoms with Crippen LogP contribution in [0.3, 0.4) is 0 Å². The molecule has 1 aliphatic carbocycles. The van der Waals surface area contributed by atoms with E-state index in [2.05, 4.69) is 20.5 Å². The molecule has 0 spiro atoms. The molecule has 1 aliphatic rings. The van der Waals surface area contributed by atoms with Crippen LogP contribution in [0.25, 0.3) is 22.0 Å². The Hall–Kier alpha value is -3.74. The predicted octanol–water partition coefficient (Wildman–Crippen LogP) is 5.51. The molecule has 0 atom stereocenters. The molecule has 0 unspecified atom stereocenters. The van der Waals surface area contributed by atoms with Crippen LogP contribution in [0.15, 0.2) is 54.9 Å². The monoisotopic (exact) mass is 426 g/mol. The Labute approximate surface area is 187 Å². The summed E-state index contributed by atoms with van der Waals surface area (Å²) in [5.74, 6) is 1.74. The topological polar surface area (TPSA) is 98.8 Å². The normalized spacial score (nSPS) is 14.4. The van der Waals surface area contributed by atoms with Crippen LogP contribution in [-0.2, 0) is 0 Å². The van der Waals surface area contributed by atoms with Gasteiger partial charge >= 0.3 is 0 Å². The summed E-state index contributed by atoms with van der Waals surface area (Å²) < 4.78 is 6.34. The van der Waals surface area contributed by atoms with Gasteiger partial charge in [0.05, 0.1) is 17.5 Å². The number of ether oxygens (including phenoxy) is 1. The highest BCUT2D eigenvalue weighted by atomic mass is 16.5. The third-order valence-electron chi connectivity index (χ3n) is 6.00. The van der Waals surface area contributed by atoms with Crippen LogP contribution in [-0.4, -0.2) is 26.2 Å². The molecule has 162 valence electrons. The lowest BCUT2D eigenvalue weighted by Gasteiger charge is -2.22. The van der Waals surface area contributed by atoms with Gasteiger partial charge in [-0.05, 0) is 43.5 Å². The van der Waals surface area contributed by atoms with Crippen LogP contribution >= 0.6 is 0 Å². The zero-order chi connectivity index (χ0) is 21.9. The second kappa shape index (κ2) is 8.78. The van der Waals surface area contributed by atoms with E-state index in [1.165, 1.54) is 19.3 Å². The van der Waals surface area contributed by atoms with Gasteiger partial charge < -0.3 is 15.8 Å². The summed E-state index contributed by atoms with van der Waals surface area (Å²) >= 11 is 0. The molecule has 1 fully saturated rings. The van der Waals surface area contributed by atoms with E-state index < -0.39 is 0 Å². The van der Waals surface area contributed by atoms with Gasteiger partial charge in [-0.15, -0.1) is 5.10 Å². The van der Waals surface area contributed by atoms with Crippen molar-refractivity contribution >= 4 is 22.4 Å². The third-order valence-corrected chi connectivity index (χ3v) is 6.00. The average molecular weight is 427 g/mol. The van der Waals surface area contributed by atoms with Crippen molar-refractivity contribution in [3.63, 3.8) is 0 Å². The van der Waals surface area contributed by atoms with Gasteiger partial charge in [-0.3, -0.25) is 0 Å². The molecular weight excluding hydrogens is 400 g/mol. The van der Waals surface area contributed by atoms with E-state index in [0.29, 0.717) is 29.3 Å². The SMILES string of the molecule is Cc1ccc2c(N)cccc2c1Oc1nnccc1-c1ccnc(NC2CCCCC2)n1. The molecule has 2 heterocycles. The number of nitrogens with two attached hydrogens (primary N) is 1. The van der Waals surface area contributed by atoms with E-state index in [9.17, 15) is 0 Å². The average Bonchev–Trinajstić information content (AvgIpc) is 2.82. The van der Waals surface area contributed by atoms with E-state index in [1.807, 2.05) is 49.4 Å². The molecule has 5 rings (SSSR count). The first kappa shape index (κ1) is 20.2. The van der Waals surface area contributed by atoms with Gasteiger partial charge in [0, 0.05) is 28.7 Å². The molecular formula is C25H26N6O. The number of nitrogens with one attached hydrogen (secondary N) is 1. The van der Waals surface area contributed by atoms with E-state index in [4.69, 9.17) is 15.5 Å². The Bertz CT molecular complexity index is 1250. The molecule has 0 bridgehead atoms. The summed E-state index contributed by atoms with van der Waals surface area (Å²) in [5, 5.41) is 13.7. The van der Waals surface area contributed by atoms with E-state index in [-0.39, 0.29) is 0 Å². The number of nitrogen functional groups attached to an aromatic ring is 1. The number of hydrogen-bond acceptors (Lipinski definition) is 7. The Morgan fingerprint density at radius 3 is 2.72 bits per heavy atom. The minimum atomic E-state index is 0.396. The minimum Gasteiger partial charge on any atom is -0.436 e. The molecule has 7 heteroatoms. The summed E-state index contributed by atoms with van der Waals surface area (Å²) in [6.45, 7) is 2.00. The highest BCUT2D eigenvalue weighted by molar-refractivity contribution is 5.97. The van der Waals surface area contributed by atoms with Crippen LogP contribution < -0.4 is 15.8 Å². The highest BCUT2D eigenvalue weighted by Crippen LogP contribution is 2.37. The smallest absolute Gasteiger partial charge is 0.248 e. The molecule has 1 saturated carbocycles. The van der Waals surface area contributed by atoms with E-state index >= 15 is 0 Å². The van der Waals surface area contributed by atoms with Crippen molar-refractivity contribution in [3.8, 4) is 22.9 Å². The quantitative estimate of drug-likeness (QED) is 0.406. The molecule has 2 aromatic carbocycles. The Morgan fingerprint density at radius 1 is 0.969 bits per heavy atom. The van der Waals surface area contributed by atoms with Crippen LogP contribution in [0.4, 0.5) is 11.6 Å². The van der Waals surface area contributed by atoms with Crippen LogP contribution in [0.1, 0.15) is 37.7 Å². The van der Waals surface area contributed by atoms with Crippen molar-refractivity contribution in [1.29, 1.82) is 0 Å². The lowest BCUT2D eigenvalue weighted by Crippen LogP contribution is -2.23. The number of fused-ring (bicyclic) bond motifs is 1. The number of hydrogen-bond donors (Lipinski definition) is 2. The summed E-state index contributed by atoms with van der Waals surface area (Å²) in [5.41, 5.74) is 9.37. The molecule has 7 nitrogen and oxygen atoms in total. The van der Waals surface area contributed by atoms with Gasteiger partial charge in [0.2, 0.25) is 11.8 Å². The van der Waals surface area contributed by atoms with Crippen molar-refractivity contribution in [1.82, 2.24) is 20.2 Å². The van der Waals surface area contributed by atoms with Crippen molar-refractivity contribution in [2.24, 2.45) is 0 Å². The second-order valence-corrected chi connectivity index (χ2v) is 8.25. The maximum absolute atomic E-state index is 6.34. The Kier molecular flexibility index (Phi) is 5.54. The van der Waals surface area contributed by atoms with E-state index in [0.717, 1.165) is 40.4 Å². The van der Waals surface area contributed by atoms with Crippen LogP contribution in [0.2, 0.25) is 0 Å². The third kappa shape index (κ3) is 4.06. The molecule has 0 amide bonds. The van der Waals surface area contributed by atoms with Gasteiger partial charge in [0.25, 0.3) is 0 Å². The number of benzene rings is 2. The fourth-order valence-corrected chi connectivity index (χ4v) is 4.29. The predicted molar refractivity (Wildman–Crippen MR) is 127 cm³/mol.